The molecule has 0 spiro atoms. The standard InChI is InChI=1S/C10H21N/c1-8(5-10(2,3)4)9-6-11-7-9/h8-9,11H,5-7H2,1-4H3. The molecule has 0 aromatic rings. The van der Waals surface area contributed by atoms with Crippen LogP contribution >= 0.6 is 0 Å². The number of nitrogens with one attached hydrogen (secondary N) is 1. The van der Waals surface area contributed by atoms with Gasteiger partial charge in [0.05, 0.1) is 0 Å². The van der Waals surface area contributed by atoms with E-state index in [4.69, 9.17) is 0 Å². The van der Waals surface area contributed by atoms with Crippen LogP contribution in [0, 0.1) is 17.3 Å². The lowest BCUT2D eigenvalue weighted by atomic mass is 9.77. The molecule has 1 aliphatic heterocycles. The van der Waals surface area contributed by atoms with Gasteiger partial charge in [-0.3, -0.25) is 0 Å². The summed E-state index contributed by atoms with van der Waals surface area (Å²) in [4.78, 5) is 0. The molecule has 0 aromatic heterocycles. The Hall–Kier alpha value is -0.0400. The van der Waals surface area contributed by atoms with E-state index in [1.165, 1.54) is 19.5 Å². The van der Waals surface area contributed by atoms with Crippen molar-refractivity contribution in [1.29, 1.82) is 0 Å². The summed E-state index contributed by atoms with van der Waals surface area (Å²) in [5.41, 5.74) is 0.509. The van der Waals surface area contributed by atoms with Crippen LogP contribution in [0.15, 0.2) is 0 Å². The highest BCUT2D eigenvalue weighted by molar-refractivity contribution is 4.81. The summed E-state index contributed by atoms with van der Waals surface area (Å²) in [5, 5.41) is 3.33. The van der Waals surface area contributed by atoms with E-state index in [-0.39, 0.29) is 0 Å². The van der Waals surface area contributed by atoms with Crippen LogP contribution < -0.4 is 5.32 Å². The second-order valence-corrected chi connectivity index (χ2v) is 5.16. The molecule has 1 heterocycles. The highest BCUT2D eigenvalue weighted by atomic mass is 14.9. The van der Waals surface area contributed by atoms with Crippen molar-refractivity contribution in [3.8, 4) is 0 Å². The lowest BCUT2D eigenvalue weighted by Crippen LogP contribution is -2.46. The van der Waals surface area contributed by atoms with E-state index in [0.717, 1.165) is 11.8 Å². The first kappa shape index (κ1) is 9.05. The minimum absolute atomic E-state index is 0.509. The second-order valence-electron chi connectivity index (χ2n) is 5.16. The first-order chi connectivity index (χ1) is 4.99. The summed E-state index contributed by atoms with van der Waals surface area (Å²) in [6.45, 7) is 11.9. The zero-order valence-electron chi connectivity index (χ0n) is 8.28. The van der Waals surface area contributed by atoms with E-state index in [1.54, 1.807) is 0 Å². The first-order valence-corrected chi connectivity index (χ1v) is 4.70. The minimum atomic E-state index is 0.509. The molecule has 1 aliphatic rings. The maximum atomic E-state index is 3.33. The molecule has 1 heteroatoms. The van der Waals surface area contributed by atoms with Gasteiger partial charge in [0, 0.05) is 0 Å². The third-order valence-electron chi connectivity index (χ3n) is 2.55. The van der Waals surface area contributed by atoms with Crippen LogP contribution in [0.2, 0.25) is 0 Å². The predicted molar refractivity (Wildman–Crippen MR) is 49.6 cm³/mol. The molecular weight excluding hydrogens is 134 g/mol. The van der Waals surface area contributed by atoms with Crippen molar-refractivity contribution in [2.45, 2.75) is 34.1 Å². The van der Waals surface area contributed by atoms with Crippen molar-refractivity contribution in [2.75, 3.05) is 13.1 Å². The van der Waals surface area contributed by atoms with Crippen LogP contribution in [0.4, 0.5) is 0 Å². The van der Waals surface area contributed by atoms with E-state index < -0.39 is 0 Å². The Labute approximate surface area is 70.6 Å². The second kappa shape index (κ2) is 3.14. The summed E-state index contributed by atoms with van der Waals surface area (Å²) in [6, 6.07) is 0. The lowest BCUT2D eigenvalue weighted by molar-refractivity contribution is 0.186. The van der Waals surface area contributed by atoms with Crippen LogP contribution in [0.1, 0.15) is 34.1 Å². The van der Waals surface area contributed by atoms with Gasteiger partial charge in [-0.05, 0) is 36.8 Å². The van der Waals surface area contributed by atoms with Gasteiger partial charge in [-0.25, -0.2) is 0 Å². The molecule has 1 N–H and O–H groups in total. The van der Waals surface area contributed by atoms with E-state index >= 15 is 0 Å². The molecule has 0 saturated carbocycles. The van der Waals surface area contributed by atoms with E-state index in [0.29, 0.717) is 5.41 Å². The largest absolute Gasteiger partial charge is 0.316 e. The Kier molecular flexibility index (Phi) is 2.58. The van der Waals surface area contributed by atoms with Crippen molar-refractivity contribution in [3.05, 3.63) is 0 Å². The average Bonchev–Trinajstić information content (AvgIpc) is 1.50. The molecule has 1 fully saturated rings. The zero-order chi connectivity index (χ0) is 8.48. The van der Waals surface area contributed by atoms with Crippen LogP contribution in [0.3, 0.4) is 0 Å². The maximum Gasteiger partial charge on any atom is -0.000569 e. The Morgan fingerprint density at radius 3 is 2.18 bits per heavy atom. The van der Waals surface area contributed by atoms with Crippen LogP contribution in [-0.4, -0.2) is 13.1 Å². The quantitative estimate of drug-likeness (QED) is 0.645. The fraction of sp³-hybridized carbons (Fsp3) is 1.00. The van der Waals surface area contributed by atoms with Gasteiger partial charge in [0.25, 0.3) is 0 Å². The third kappa shape index (κ3) is 2.82. The smallest absolute Gasteiger partial charge is 0.000569 e. The SMILES string of the molecule is CC(CC(C)(C)C)C1CNC1. The molecule has 1 atom stereocenters. The van der Waals surface area contributed by atoms with Gasteiger partial charge in [-0.2, -0.15) is 0 Å². The molecule has 0 radical (unpaired) electrons. The Balaban J connectivity index is 2.24. The normalized spacial score (nSPS) is 22.9. The Morgan fingerprint density at radius 2 is 1.91 bits per heavy atom. The highest BCUT2D eigenvalue weighted by Crippen LogP contribution is 2.29. The fourth-order valence-corrected chi connectivity index (χ4v) is 1.85. The van der Waals surface area contributed by atoms with Crippen molar-refractivity contribution in [3.63, 3.8) is 0 Å². The van der Waals surface area contributed by atoms with Gasteiger partial charge in [-0.15, -0.1) is 0 Å². The van der Waals surface area contributed by atoms with E-state index in [2.05, 4.69) is 33.0 Å². The summed E-state index contributed by atoms with van der Waals surface area (Å²) in [6.07, 6.45) is 1.36. The van der Waals surface area contributed by atoms with Gasteiger partial charge in [-0.1, -0.05) is 27.7 Å². The topological polar surface area (TPSA) is 12.0 Å². The number of rotatable bonds is 2. The van der Waals surface area contributed by atoms with Gasteiger partial charge in [0.2, 0.25) is 0 Å². The molecular formula is C10H21N. The van der Waals surface area contributed by atoms with E-state index in [1.807, 2.05) is 0 Å². The average molecular weight is 155 g/mol. The molecule has 11 heavy (non-hydrogen) atoms. The molecule has 0 bridgehead atoms. The molecule has 1 nitrogen and oxygen atoms in total. The van der Waals surface area contributed by atoms with Crippen LogP contribution in [0.5, 0.6) is 0 Å². The summed E-state index contributed by atoms with van der Waals surface area (Å²) >= 11 is 0. The summed E-state index contributed by atoms with van der Waals surface area (Å²) in [7, 11) is 0. The Morgan fingerprint density at radius 1 is 1.36 bits per heavy atom. The molecule has 66 valence electrons. The molecule has 1 saturated heterocycles. The first-order valence-electron chi connectivity index (χ1n) is 4.70. The molecule has 0 amide bonds. The zero-order valence-corrected chi connectivity index (χ0v) is 8.28. The summed E-state index contributed by atoms with van der Waals surface area (Å²) in [5.74, 6) is 1.85. The fourth-order valence-electron chi connectivity index (χ4n) is 1.85. The van der Waals surface area contributed by atoms with Crippen molar-refractivity contribution < 1.29 is 0 Å². The molecule has 0 aliphatic carbocycles. The Bertz CT molecular complexity index is 119. The van der Waals surface area contributed by atoms with E-state index in [9.17, 15) is 0 Å². The van der Waals surface area contributed by atoms with Crippen LogP contribution in [-0.2, 0) is 0 Å². The summed E-state index contributed by atoms with van der Waals surface area (Å²) < 4.78 is 0. The third-order valence-corrected chi connectivity index (χ3v) is 2.55. The highest BCUT2D eigenvalue weighted by Gasteiger charge is 2.26. The van der Waals surface area contributed by atoms with Crippen molar-refractivity contribution in [1.82, 2.24) is 5.32 Å². The molecule has 1 rings (SSSR count). The minimum Gasteiger partial charge on any atom is -0.316 e. The predicted octanol–water partition coefficient (Wildman–Crippen LogP) is 2.28. The van der Waals surface area contributed by atoms with Crippen molar-refractivity contribution in [2.24, 2.45) is 17.3 Å². The molecule has 0 aromatic carbocycles. The van der Waals surface area contributed by atoms with Crippen molar-refractivity contribution >= 4 is 0 Å². The molecule has 1 unspecified atom stereocenters. The number of hydrogen-bond donors (Lipinski definition) is 1. The monoisotopic (exact) mass is 155 g/mol. The lowest BCUT2D eigenvalue weighted by Gasteiger charge is -2.35. The van der Waals surface area contributed by atoms with Gasteiger partial charge in [0.1, 0.15) is 0 Å². The van der Waals surface area contributed by atoms with Crippen LogP contribution in [0.25, 0.3) is 0 Å². The van der Waals surface area contributed by atoms with Gasteiger partial charge >= 0.3 is 0 Å². The van der Waals surface area contributed by atoms with Gasteiger partial charge in [0.15, 0.2) is 0 Å². The number of hydrogen-bond acceptors (Lipinski definition) is 1. The van der Waals surface area contributed by atoms with Gasteiger partial charge < -0.3 is 5.32 Å². The maximum absolute atomic E-state index is 3.33.